The molecule has 2 N–H and O–H groups in total. The molecular formula is C48H34N10. The molecule has 6 aromatic carbocycles. The van der Waals surface area contributed by atoms with Crippen LogP contribution in [0.5, 0.6) is 0 Å². The van der Waals surface area contributed by atoms with Crippen LogP contribution in [0, 0.1) is 0 Å². The molecule has 3 aliphatic rings. The fraction of sp³-hybridized carbons (Fsp3) is 0. The number of nitrogens with one attached hydrogen (secondary N) is 2. The van der Waals surface area contributed by atoms with Crippen LogP contribution in [0.4, 0.5) is 11.4 Å². The van der Waals surface area contributed by atoms with Gasteiger partial charge in [-0.15, -0.1) is 10.2 Å². The second-order valence-electron chi connectivity index (χ2n) is 13.9. The van der Waals surface area contributed by atoms with E-state index < -0.39 is 0 Å². The molecule has 0 radical (unpaired) electrons. The minimum Gasteiger partial charge on any atom is -0.336 e. The molecule has 0 aliphatic carbocycles. The number of rotatable bonds is 6. The number of hydrogen-bond donors (Lipinski definition) is 2. The zero-order valence-corrected chi connectivity index (χ0v) is 31.1. The van der Waals surface area contributed by atoms with Gasteiger partial charge in [0.1, 0.15) is 23.0 Å². The third-order valence-electron chi connectivity index (χ3n) is 10.3. The van der Waals surface area contributed by atoms with Crippen molar-refractivity contribution in [1.82, 2.24) is 40.2 Å². The Bertz CT molecular complexity index is 2710. The predicted molar refractivity (Wildman–Crippen MR) is 228 cm³/mol. The molecule has 5 heterocycles. The molecule has 11 rings (SSSR count). The molecule has 58 heavy (non-hydrogen) atoms. The number of hydrogen-bond acceptors (Lipinski definition) is 8. The highest BCUT2D eigenvalue weighted by Crippen LogP contribution is 2.40. The van der Waals surface area contributed by atoms with Crippen molar-refractivity contribution >= 4 is 33.9 Å². The minimum atomic E-state index is 0.524. The van der Waals surface area contributed by atoms with Crippen molar-refractivity contribution in [1.29, 1.82) is 0 Å². The van der Waals surface area contributed by atoms with E-state index in [1.807, 2.05) is 119 Å². The van der Waals surface area contributed by atoms with Crippen LogP contribution in [-0.4, -0.2) is 29.5 Å². The average Bonchev–Trinajstić information content (AvgIpc) is 4.12. The van der Waals surface area contributed by atoms with Crippen LogP contribution in [0.1, 0.15) is 34.4 Å². The first-order valence-corrected chi connectivity index (χ1v) is 19.1. The van der Waals surface area contributed by atoms with Gasteiger partial charge < -0.3 is 20.4 Å². The van der Waals surface area contributed by atoms with E-state index in [0.29, 0.717) is 23.3 Å². The summed E-state index contributed by atoms with van der Waals surface area (Å²) in [6.07, 6.45) is 4.15. The molecule has 276 valence electrons. The van der Waals surface area contributed by atoms with Crippen LogP contribution in [-0.2, 0) is 0 Å². The van der Waals surface area contributed by atoms with Gasteiger partial charge in [0, 0.05) is 23.8 Å². The molecule has 8 bridgehead atoms. The van der Waals surface area contributed by atoms with E-state index in [0.717, 1.165) is 68.1 Å². The topological polar surface area (TPSA) is 92.0 Å². The summed E-state index contributed by atoms with van der Waals surface area (Å²) in [6.45, 7) is 0. The van der Waals surface area contributed by atoms with Gasteiger partial charge in [0.15, 0.2) is 23.3 Å². The molecule has 2 aromatic heterocycles. The second-order valence-corrected chi connectivity index (χ2v) is 13.9. The van der Waals surface area contributed by atoms with Crippen molar-refractivity contribution in [3.05, 3.63) is 240 Å². The standard InChI is InChI=1S/C48H34N10/c1-7-19-33(20-8-1)41-45-49-39(31-55(45)35-23-11-3-12-24-35)44-52-48(58(54-44)38-29-17-6-18-30-38)42(34-21-9-2-10-22-34)46-50-40(32-56(46)36-25-13-4-14-26-36)43-51-47(41)57(53-43)37-27-15-5-16-28-37/h1-32,49-50H. The normalized spacial score (nSPS) is 14.5. The smallest absolute Gasteiger partial charge is 0.200 e. The molecule has 0 fully saturated rings. The maximum absolute atomic E-state index is 5.45. The van der Waals surface area contributed by atoms with Gasteiger partial charge in [0.2, 0.25) is 0 Å². The van der Waals surface area contributed by atoms with Gasteiger partial charge in [-0.1, -0.05) is 133 Å². The molecule has 3 aliphatic heterocycles. The Morgan fingerprint density at radius 2 is 0.655 bits per heavy atom. The monoisotopic (exact) mass is 750 g/mol. The van der Waals surface area contributed by atoms with Crippen molar-refractivity contribution in [2.45, 2.75) is 0 Å². The van der Waals surface area contributed by atoms with Crippen molar-refractivity contribution < 1.29 is 0 Å². The lowest BCUT2D eigenvalue weighted by Gasteiger charge is -2.22. The fourth-order valence-corrected chi connectivity index (χ4v) is 7.63. The van der Waals surface area contributed by atoms with Gasteiger partial charge in [0.25, 0.3) is 0 Å². The molecule has 10 nitrogen and oxygen atoms in total. The van der Waals surface area contributed by atoms with E-state index in [-0.39, 0.29) is 0 Å². The van der Waals surface area contributed by atoms with Crippen LogP contribution in [0.2, 0.25) is 0 Å². The number of para-hydroxylation sites is 4. The van der Waals surface area contributed by atoms with Crippen molar-refractivity contribution in [3.8, 4) is 11.4 Å². The Balaban J connectivity index is 1.27. The van der Waals surface area contributed by atoms with E-state index in [9.17, 15) is 0 Å². The highest BCUT2D eigenvalue weighted by molar-refractivity contribution is 5.91. The van der Waals surface area contributed by atoms with Crippen molar-refractivity contribution in [3.63, 3.8) is 0 Å². The van der Waals surface area contributed by atoms with E-state index in [2.05, 4.69) is 106 Å². The number of benzene rings is 6. The largest absolute Gasteiger partial charge is 0.336 e. The summed E-state index contributed by atoms with van der Waals surface area (Å²) in [5, 5.41) is 18.2. The third kappa shape index (κ3) is 5.67. The minimum absolute atomic E-state index is 0.524. The molecule has 8 aromatic rings. The molecular weight excluding hydrogens is 717 g/mol. The van der Waals surface area contributed by atoms with Gasteiger partial charge in [-0.25, -0.2) is 19.3 Å². The lowest BCUT2D eigenvalue weighted by atomic mass is 10.0. The van der Waals surface area contributed by atoms with E-state index >= 15 is 0 Å². The Morgan fingerprint density at radius 1 is 0.345 bits per heavy atom. The third-order valence-corrected chi connectivity index (χ3v) is 10.3. The lowest BCUT2D eigenvalue weighted by Crippen LogP contribution is -2.22. The molecule has 0 saturated heterocycles. The first kappa shape index (κ1) is 33.1. The SMILES string of the molecule is C1=C2NC(=C(c3ccccc3)c3nc(nn3-c3ccccc3)C3=CN(c4ccccc4)C(=C(c4ccccc4)c4nc2nn4-c2ccccc2)N3)N1c1ccccc1. The Labute approximate surface area is 334 Å². The maximum atomic E-state index is 5.45. The van der Waals surface area contributed by atoms with Crippen molar-refractivity contribution in [2.75, 3.05) is 9.80 Å². The lowest BCUT2D eigenvalue weighted by molar-refractivity contribution is 0.847. The molecule has 10 heteroatoms. The molecule has 0 saturated carbocycles. The molecule has 0 amide bonds. The first-order chi connectivity index (χ1) is 28.8. The zero-order chi connectivity index (χ0) is 38.4. The van der Waals surface area contributed by atoms with E-state index in [1.54, 1.807) is 0 Å². The zero-order valence-electron chi connectivity index (χ0n) is 31.1. The van der Waals surface area contributed by atoms with Gasteiger partial charge in [0.05, 0.1) is 22.5 Å². The summed E-state index contributed by atoms with van der Waals surface area (Å²) in [4.78, 5) is 15.2. The van der Waals surface area contributed by atoms with Crippen LogP contribution >= 0.6 is 0 Å². The van der Waals surface area contributed by atoms with E-state index in [1.165, 1.54) is 0 Å². The number of aromatic nitrogens is 6. The highest BCUT2D eigenvalue weighted by atomic mass is 15.4. The maximum Gasteiger partial charge on any atom is 0.200 e. The summed E-state index contributed by atoms with van der Waals surface area (Å²) in [5.41, 5.74) is 8.72. The number of nitrogens with zero attached hydrogens (tertiary/aromatic N) is 8. The Hall–Kier alpha value is -8.24. The summed E-state index contributed by atoms with van der Waals surface area (Å²) >= 11 is 0. The van der Waals surface area contributed by atoms with Crippen LogP contribution in [0.15, 0.2) is 206 Å². The van der Waals surface area contributed by atoms with Crippen LogP contribution in [0.3, 0.4) is 0 Å². The van der Waals surface area contributed by atoms with Gasteiger partial charge in [-0.2, -0.15) is 0 Å². The molecule has 0 spiro atoms. The fourth-order valence-electron chi connectivity index (χ4n) is 7.63. The molecule has 0 atom stereocenters. The molecule has 0 unspecified atom stereocenters. The van der Waals surface area contributed by atoms with Gasteiger partial charge in [-0.05, 0) is 59.7 Å². The van der Waals surface area contributed by atoms with E-state index in [4.69, 9.17) is 20.2 Å². The second kappa shape index (κ2) is 13.8. The average molecular weight is 751 g/mol. The highest BCUT2D eigenvalue weighted by Gasteiger charge is 2.35. The summed E-state index contributed by atoms with van der Waals surface area (Å²) in [6, 6.07) is 61.6. The first-order valence-electron chi connectivity index (χ1n) is 19.1. The van der Waals surface area contributed by atoms with Crippen molar-refractivity contribution in [2.24, 2.45) is 0 Å². The summed E-state index contributed by atoms with van der Waals surface area (Å²) in [7, 11) is 0. The van der Waals surface area contributed by atoms with Crippen LogP contribution in [0.25, 0.3) is 33.9 Å². The number of anilines is 2. The number of fused-ring (bicyclic) bond motifs is 10. The summed E-state index contributed by atoms with van der Waals surface area (Å²) < 4.78 is 3.87. The summed E-state index contributed by atoms with van der Waals surface area (Å²) in [5.74, 6) is 3.93. The quantitative estimate of drug-likeness (QED) is 0.174. The van der Waals surface area contributed by atoms with Gasteiger partial charge >= 0.3 is 0 Å². The van der Waals surface area contributed by atoms with Gasteiger partial charge in [-0.3, -0.25) is 0 Å². The van der Waals surface area contributed by atoms with Crippen LogP contribution < -0.4 is 20.4 Å². The Morgan fingerprint density at radius 3 is 1.00 bits per heavy atom. The predicted octanol–water partition coefficient (Wildman–Crippen LogP) is 8.81. The Kier molecular flexibility index (Phi) is 7.88.